The fourth-order valence-electron chi connectivity index (χ4n) is 3.44. The molecule has 2 aromatic heterocycles. The SMILES string of the molecule is Cc1cccc(-n2cc3c(c2-c2cccc(Br)c2)c(=O)n(C)c(=O)n3C)c1. The summed E-state index contributed by atoms with van der Waals surface area (Å²) in [5, 5.41) is 0.527. The lowest BCUT2D eigenvalue weighted by Gasteiger charge is -2.11. The Bertz CT molecular complexity index is 1310. The molecule has 0 atom stereocenters. The lowest BCUT2D eigenvalue weighted by atomic mass is 10.1. The number of hydrogen-bond acceptors (Lipinski definition) is 2. The van der Waals surface area contributed by atoms with Crippen LogP contribution in [0.15, 0.2) is 68.8 Å². The Morgan fingerprint density at radius 1 is 0.926 bits per heavy atom. The van der Waals surface area contributed by atoms with E-state index in [1.807, 2.05) is 60.2 Å². The van der Waals surface area contributed by atoms with Crippen molar-refractivity contribution in [2.75, 3.05) is 0 Å². The maximum atomic E-state index is 13.0. The molecule has 0 saturated heterocycles. The topological polar surface area (TPSA) is 48.9 Å². The third-order valence-electron chi connectivity index (χ3n) is 4.82. The van der Waals surface area contributed by atoms with Gasteiger partial charge in [0.05, 0.1) is 16.6 Å². The van der Waals surface area contributed by atoms with Gasteiger partial charge in [0.2, 0.25) is 0 Å². The van der Waals surface area contributed by atoms with Gasteiger partial charge in [-0.2, -0.15) is 0 Å². The van der Waals surface area contributed by atoms with Crippen LogP contribution in [0.2, 0.25) is 0 Å². The summed E-state index contributed by atoms with van der Waals surface area (Å²) >= 11 is 3.52. The maximum Gasteiger partial charge on any atom is 0.330 e. The van der Waals surface area contributed by atoms with Crippen molar-refractivity contribution >= 4 is 26.8 Å². The molecule has 5 nitrogen and oxygen atoms in total. The summed E-state index contributed by atoms with van der Waals surface area (Å²) in [6.45, 7) is 2.03. The smallest absolute Gasteiger partial charge is 0.314 e. The van der Waals surface area contributed by atoms with Crippen molar-refractivity contribution < 1.29 is 0 Å². The highest BCUT2D eigenvalue weighted by Crippen LogP contribution is 2.32. The van der Waals surface area contributed by atoms with Crippen LogP contribution in [0.3, 0.4) is 0 Å². The molecule has 136 valence electrons. The molecule has 0 aliphatic carbocycles. The van der Waals surface area contributed by atoms with E-state index in [2.05, 4.69) is 22.0 Å². The van der Waals surface area contributed by atoms with E-state index < -0.39 is 0 Å². The van der Waals surface area contributed by atoms with Crippen molar-refractivity contribution in [3.63, 3.8) is 0 Å². The van der Waals surface area contributed by atoms with E-state index in [0.717, 1.165) is 31.5 Å². The van der Waals surface area contributed by atoms with Crippen LogP contribution in [0.5, 0.6) is 0 Å². The minimum absolute atomic E-state index is 0.297. The summed E-state index contributed by atoms with van der Waals surface area (Å²) in [5.41, 5.74) is 3.70. The summed E-state index contributed by atoms with van der Waals surface area (Å²) in [7, 11) is 3.20. The van der Waals surface area contributed by atoms with Crippen LogP contribution in [0.25, 0.3) is 27.8 Å². The van der Waals surface area contributed by atoms with E-state index in [1.165, 1.54) is 11.6 Å². The van der Waals surface area contributed by atoms with Gasteiger partial charge < -0.3 is 4.57 Å². The van der Waals surface area contributed by atoms with Gasteiger partial charge >= 0.3 is 5.69 Å². The Morgan fingerprint density at radius 3 is 2.37 bits per heavy atom. The van der Waals surface area contributed by atoms with Crippen LogP contribution >= 0.6 is 15.9 Å². The van der Waals surface area contributed by atoms with Gasteiger partial charge in [0.25, 0.3) is 5.56 Å². The van der Waals surface area contributed by atoms with Crippen LogP contribution in [-0.4, -0.2) is 13.7 Å². The highest BCUT2D eigenvalue weighted by Gasteiger charge is 2.20. The van der Waals surface area contributed by atoms with Crippen molar-refractivity contribution in [1.82, 2.24) is 13.7 Å². The van der Waals surface area contributed by atoms with E-state index >= 15 is 0 Å². The first-order chi connectivity index (χ1) is 12.9. The number of aromatic nitrogens is 3. The minimum atomic E-state index is -0.338. The molecular formula is C21H18BrN3O2. The number of nitrogens with zero attached hydrogens (tertiary/aromatic N) is 3. The number of rotatable bonds is 2. The summed E-state index contributed by atoms with van der Waals surface area (Å²) in [6.07, 6.45) is 1.86. The van der Waals surface area contributed by atoms with Gasteiger partial charge in [-0.3, -0.25) is 13.9 Å². The normalized spacial score (nSPS) is 11.3. The number of fused-ring (bicyclic) bond motifs is 1. The van der Waals surface area contributed by atoms with Gasteiger partial charge in [0.1, 0.15) is 0 Å². The largest absolute Gasteiger partial charge is 0.330 e. The molecule has 0 fully saturated rings. The molecule has 0 radical (unpaired) electrons. The Balaban J connectivity index is 2.23. The van der Waals surface area contributed by atoms with Gasteiger partial charge in [-0.25, -0.2) is 4.79 Å². The summed E-state index contributed by atoms with van der Waals surface area (Å²) in [4.78, 5) is 25.4. The van der Waals surface area contributed by atoms with Crippen molar-refractivity contribution in [3.05, 3.63) is 85.6 Å². The molecule has 0 bridgehead atoms. The van der Waals surface area contributed by atoms with Gasteiger partial charge in [-0.05, 0) is 36.8 Å². The molecule has 4 rings (SSSR count). The standard InChI is InChI=1S/C21H18BrN3O2/c1-13-6-4-9-16(10-13)25-12-17-18(20(26)24(3)21(27)23(17)2)19(25)14-7-5-8-15(22)11-14/h4-12H,1-3H3. The minimum Gasteiger partial charge on any atom is -0.314 e. The third kappa shape index (κ3) is 2.77. The van der Waals surface area contributed by atoms with Gasteiger partial charge in [0.15, 0.2) is 0 Å². The highest BCUT2D eigenvalue weighted by molar-refractivity contribution is 9.10. The first-order valence-corrected chi connectivity index (χ1v) is 9.32. The second-order valence-corrected chi connectivity index (χ2v) is 7.58. The van der Waals surface area contributed by atoms with Crippen molar-refractivity contribution in [1.29, 1.82) is 0 Å². The van der Waals surface area contributed by atoms with Gasteiger partial charge in [-0.15, -0.1) is 0 Å². The fourth-order valence-corrected chi connectivity index (χ4v) is 3.84. The second-order valence-electron chi connectivity index (χ2n) is 6.66. The number of aryl methyl sites for hydroxylation is 2. The Morgan fingerprint density at radius 2 is 1.67 bits per heavy atom. The van der Waals surface area contributed by atoms with Crippen LogP contribution in [0, 0.1) is 6.92 Å². The molecule has 0 aliphatic heterocycles. The molecule has 4 aromatic rings. The van der Waals surface area contributed by atoms with Gasteiger partial charge in [0, 0.05) is 36.0 Å². The molecule has 27 heavy (non-hydrogen) atoms. The second kappa shape index (κ2) is 6.39. The van der Waals surface area contributed by atoms with Crippen LogP contribution in [0.4, 0.5) is 0 Å². The highest BCUT2D eigenvalue weighted by atomic mass is 79.9. The van der Waals surface area contributed by atoms with Crippen LogP contribution in [-0.2, 0) is 14.1 Å². The zero-order valence-electron chi connectivity index (χ0n) is 15.2. The predicted molar refractivity (Wildman–Crippen MR) is 112 cm³/mol. The average molecular weight is 424 g/mol. The molecule has 0 N–H and O–H groups in total. The molecule has 2 heterocycles. The number of hydrogen-bond donors (Lipinski definition) is 0. The summed E-state index contributed by atoms with van der Waals surface area (Å²) < 4.78 is 5.58. The first-order valence-electron chi connectivity index (χ1n) is 8.52. The molecule has 0 unspecified atom stereocenters. The van der Waals surface area contributed by atoms with E-state index in [4.69, 9.17) is 0 Å². The van der Waals surface area contributed by atoms with Crippen molar-refractivity contribution in [2.24, 2.45) is 14.1 Å². The van der Waals surface area contributed by atoms with Crippen molar-refractivity contribution in [3.8, 4) is 16.9 Å². The average Bonchev–Trinajstić information content (AvgIpc) is 3.05. The maximum absolute atomic E-state index is 13.0. The summed E-state index contributed by atoms with van der Waals surface area (Å²) in [5.74, 6) is 0. The molecule has 6 heteroatoms. The van der Waals surface area contributed by atoms with Crippen molar-refractivity contribution in [2.45, 2.75) is 6.92 Å². The van der Waals surface area contributed by atoms with E-state index in [9.17, 15) is 9.59 Å². The number of halogens is 1. The van der Waals surface area contributed by atoms with E-state index in [-0.39, 0.29) is 11.2 Å². The Labute approximate surface area is 164 Å². The molecule has 0 spiro atoms. The summed E-state index contributed by atoms with van der Waals surface area (Å²) in [6, 6.07) is 15.9. The number of benzene rings is 2. The van der Waals surface area contributed by atoms with Crippen LogP contribution in [0.1, 0.15) is 5.56 Å². The van der Waals surface area contributed by atoms with E-state index in [0.29, 0.717) is 10.9 Å². The third-order valence-corrected chi connectivity index (χ3v) is 5.31. The Hall–Kier alpha value is -2.86. The fraction of sp³-hybridized carbons (Fsp3) is 0.143. The van der Waals surface area contributed by atoms with Gasteiger partial charge in [-0.1, -0.05) is 40.2 Å². The predicted octanol–water partition coefficient (Wildman–Crippen LogP) is 3.77. The zero-order valence-corrected chi connectivity index (χ0v) is 16.8. The molecule has 0 aliphatic rings. The van der Waals surface area contributed by atoms with Crippen LogP contribution < -0.4 is 11.2 Å². The quantitative estimate of drug-likeness (QED) is 0.492. The monoisotopic (exact) mass is 423 g/mol. The lowest BCUT2D eigenvalue weighted by Crippen LogP contribution is -2.36. The lowest BCUT2D eigenvalue weighted by molar-refractivity contribution is 0.714. The van der Waals surface area contributed by atoms with E-state index in [1.54, 1.807) is 7.05 Å². The molecular weight excluding hydrogens is 406 g/mol. The molecule has 0 saturated carbocycles. The Kier molecular flexibility index (Phi) is 4.15. The molecule has 2 aromatic carbocycles. The first kappa shape index (κ1) is 17.5. The zero-order chi connectivity index (χ0) is 19.3. The molecule has 0 amide bonds.